The van der Waals surface area contributed by atoms with Crippen molar-refractivity contribution in [3.05, 3.63) is 82.1 Å². The van der Waals surface area contributed by atoms with Crippen LogP contribution in [0.25, 0.3) is 23.1 Å². The molecule has 0 bridgehead atoms. The molecular formula is C19H10F2N4O5. The van der Waals surface area contributed by atoms with Crippen molar-refractivity contribution >= 4 is 17.3 Å². The van der Waals surface area contributed by atoms with Crippen LogP contribution in [-0.2, 0) is 0 Å². The highest BCUT2D eigenvalue weighted by atomic mass is 19.1. The van der Waals surface area contributed by atoms with Crippen LogP contribution in [0.2, 0.25) is 0 Å². The Kier molecular flexibility index (Phi) is 4.76. The van der Waals surface area contributed by atoms with Crippen molar-refractivity contribution in [2.24, 2.45) is 0 Å². The lowest BCUT2D eigenvalue weighted by molar-refractivity contribution is -0.387. The number of amides is 1. The molecule has 0 saturated heterocycles. The molecule has 4 rings (SSSR count). The SMILES string of the molecule is O=C(Nc1cc(-c2nnc(-c3ccco3)o2)ccc1F)c1cccc([N+](=O)[O-])c1F. The number of carbonyl (C=O) groups is 1. The van der Waals surface area contributed by atoms with Crippen LogP contribution in [0, 0.1) is 21.7 Å². The Morgan fingerprint density at radius 1 is 1.07 bits per heavy atom. The summed E-state index contributed by atoms with van der Waals surface area (Å²) in [5.41, 5.74) is -1.50. The first-order valence-electron chi connectivity index (χ1n) is 8.35. The average Bonchev–Trinajstić information content (AvgIpc) is 3.41. The number of carbonyl (C=O) groups excluding carboxylic acids is 1. The largest absolute Gasteiger partial charge is 0.459 e. The molecule has 0 fully saturated rings. The van der Waals surface area contributed by atoms with Crippen molar-refractivity contribution in [2.75, 3.05) is 5.32 Å². The number of nitro groups is 1. The Morgan fingerprint density at radius 3 is 2.60 bits per heavy atom. The normalized spacial score (nSPS) is 10.7. The van der Waals surface area contributed by atoms with Gasteiger partial charge in [-0.3, -0.25) is 14.9 Å². The minimum atomic E-state index is -1.32. The van der Waals surface area contributed by atoms with E-state index in [0.717, 1.165) is 24.3 Å². The van der Waals surface area contributed by atoms with Crippen LogP contribution in [0.1, 0.15) is 10.4 Å². The van der Waals surface area contributed by atoms with Crippen LogP contribution in [0.5, 0.6) is 0 Å². The van der Waals surface area contributed by atoms with E-state index in [1.54, 1.807) is 12.1 Å². The standard InChI is InChI=1S/C19H10F2N4O5/c20-12-7-6-10(18-23-24-19(30-18)15-5-2-8-29-15)9-13(12)22-17(26)11-3-1-4-14(16(11)21)25(27)28/h1-9H,(H,22,26). The highest BCUT2D eigenvalue weighted by Gasteiger charge is 2.23. The number of nitrogens with one attached hydrogen (secondary N) is 1. The number of hydrogen-bond acceptors (Lipinski definition) is 7. The topological polar surface area (TPSA) is 124 Å². The Bertz CT molecular complexity index is 1250. The van der Waals surface area contributed by atoms with Crippen LogP contribution in [-0.4, -0.2) is 21.0 Å². The molecule has 1 amide bonds. The maximum Gasteiger partial charge on any atom is 0.305 e. The van der Waals surface area contributed by atoms with Crippen LogP contribution in [0.15, 0.2) is 63.6 Å². The molecule has 2 heterocycles. The van der Waals surface area contributed by atoms with Crippen LogP contribution >= 0.6 is 0 Å². The average molecular weight is 412 g/mol. The molecule has 0 aliphatic carbocycles. The summed E-state index contributed by atoms with van der Waals surface area (Å²) < 4.78 is 39.0. The molecule has 0 aliphatic heterocycles. The quantitative estimate of drug-likeness (QED) is 0.380. The third-order valence-electron chi connectivity index (χ3n) is 4.04. The Morgan fingerprint density at radius 2 is 1.87 bits per heavy atom. The highest BCUT2D eigenvalue weighted by molar-refractivity contribution is 6.05. The summed E-state index contributed by atoms with van der Waals surface area (Å²) in [6.45, 7) is 0. The van der Waals surface area contributed by atoms with Gasteiger partial charge in [0.05, 0.1) is 22.4 Å². The van der Waals surface area contributed by atoms with Crippen molar-refractivity contribution in [3.8, 4) is 23.1 Å². The number of aromatic nitrogens is 2. The molecule has 0 atom stereocenters. The number of benzene rings is 2. The fourth-order valence-corrected chi connectivity index (χ4v) is 2.62. The molecule has 0 radical (unpaired) electrons. The second kappa shape index (κ2) is 7.54. The van der Waals surface area contributed by atoms with Gasteiger partial charge in [-0.1, -0.05) is 6.07 Å². The van der Waals surface area contributed by atoms with Crippen molar-refractivity contribution in [1.29, 1.82) is 0 Å². The summed E-state index contributed by atoms with van der Waals surface area (Å²) in [6.07, 6.45) is 1.43. The molecule has 0 unspecified atom stereocenters. The molecule has 0 aliphatic rings. The molecule has 4 aromatic rings. The summed E-state index contributed by atoms with van der Waals surface area (Å²) in [6, 6.07) is 9.97. The maximum absolute atomic E-state index is 14.2. The van der Waals surface area contributed by atoms with Gasteiger partial charge in [0, 0.05) is 11.6 Å². The number of furan rings is 1. The van der Waals surface area contributed by atoms with Gasteiger partial charge in [-0.2, -0.15) is 4.39 Å². The van der Waals surface area contributed by atoms with Gasteiger partial charge in [0.2, 0.25) is 11.7 Å². The van der Waals surface area contributed by atoms with Gasteiger partial charge in [0.1, 0.15) is 5.82 Å². The van der Waals surface area contributed by atoms with Gasteiger partial charge in [0.25, 0.3) is 11.8 Å². The van der Waals surface area contributed by atoms with Gasteiger partial charge < -0.3 is 14.2 Å². The Hall–Kier alpha value is -4.41. The predicted octanol–water partition coefficient (Wildman–Crippen LogP) is 4.44. The summed E-state index contributed by atoms with van der Waals surface area (Å²) >= 11 is 0. The lowest BCUT2D eigenvalue weighted by Crippen LogP contribution is -2.15. The van der Waals surface area contributed by atoms with Crippen molar-refractivity contribution in [2.45, 2.75) is 0 Å². The molecule has 0 saturated carbocycles. The van der Waals surface area contributed by atoms with E-state index in [1.165, 1.54) is 18.4 Å². The molecule has 150 valence electrons. The van der Waals surface area contributed by atoms with E-state index in [4.69, 9.17) is 8.83 Å². The van der Waals surface area contributed by atoms with Gasteiger partial charge in [-0.25, -0.2) is 4.39 Å². The third-order valence-corrected chi connectivity index (χ3v) is 4.04. The molecule has 11 heteroatoms. The van der Waals surface area contributed by atoms with Crippen molar-refractivity contribution < 1.29 is 27.3 Å². The lowest BCUT2D eigenvalue weighted by atomic mass is 10.1. The monoisotopic (exact) mass is 412 g/mol. The first-order valence-corrected chi connectivity index (χ1v) is 8.35. The maximum atomic E-state index is 14.2. The number of halogens is 2. The van der Waals surface area contributed by atoms with E-state index < -0.39 is 33.7 Å². The minimum absolute atomic E-state index is 0.0263. The zero-order chi connectivity index (χ0) is 21.3. The second-order valence-electron chi connectivity index (χ2n) is 5.93. The second-order valence-corrected chi connectivity index (χ2v) is 5.93. The number of rotatable bonds is 5. The Labute approximate surface area is 166 Å². The third kappa shape index (κ3) is 3.51. The summed E-state index contributed by atoms with van der Waals surface area (Å²) in [5.74, 6) is -2.73. The van der Waals surface area contributed by atoms with Gasteiger partial charge in [-0.15, -0.1) is 10.2 Å². The zero-order valence-electron chi connectivity index (χ0n) is 14.8. The van der Waals surface area contributed by atoms with Crippen LogP contribution in [0.4, 0.5) is 20.2 Å². The number of nitro benzene ring substituents is 1. The molecule has 2 aromatic heterocycles. The smallest absolute Gasteiger partial charge is 0.305 e. The fraction of sp³-hybridized carbons (Fsp3) is 0. The lowest BCUT2D eigenvalue weighted by Gasteiger charge is -2.08. The number of hydrogen-bond donors (Lipinski definition) is 1. The van der Waals surface area contributed by atoms with Gasteiger partial charge >= 0.3 is 5.69 Å². The van der Waals surface area contributed by atoms with Crippen molar-refractivity contribution in [3.63, 3.8) is 0 Å². The van der Waals surface area contributed by atoms with E-state index in [9.17, 15) is 23.7 Å². The van der Waals surface area contributed by atoms with Crippen LogP contribution in [0.3, 0.4) is 0 Å². The number of anilines is 1. The minimum Gasteiger partial charge on any atom is -0.459 e. The summed E-state index contributed by atoms with van der Waals surface area (Å²) in [4.78, 5) is 22.2. The summed E-state index contributed by atoms with van der Waals surface area (Å²) in [5, 5.41) is 20.7. The van der Waals surface area contributed by atoms with E-state index >= 15 is 0 Å². The molecule has 30 heavy (non-hydrogen) atoms. The van der Waals surface area contributed by atoms with E-state index in [1.807, 2.05) is 0 Å². The van der Waals surface area contributed by atoms with E-state index in [0.29, 0.717) is 5.76 Å². The van der Waals surface area contributed by atoms with E-state index in [2.05, 4.69) is 15.5 Å². The molecular weight excluding hydrogens is 402 g/mol. The first-order chi connectivity index (χ1) is 14.4. The van der Waals surface area contributed by atoms with Gasteiger partial charge in [0.15, 0.2) is 5.76 Å². The first kappa shape index (κ1) is 18.9. The highest BCUT2D eigenvalue weighted by Crippen LogP contribution is 2.28. The van der Waals surface area contributed by atoms with Gasteiger partial charge in [-0.05, 0) is 36.4 Å². The van der Waals surface area contributed by atoms with Crippen molar-refractivity contribution in [1.82, 2.24) is 10.2 Å². The molecule has 9 nitrogen and oxygen atoms in total. The van der Waals surface area contributed by atoms with Crippen LogP contribution < -0.4 is 5.32 Å². The predicted molar refractivity (Wildman–Crippen MR) is 98.4 cm³/mol. The number of nitrogens with zero attached hydrogens (tertiary/aromatic N) is 3. The zero-order valence-corrected chi connectivity index (χ0v) is 14.8. The Balaban J connectivity index is 1.62. The fourth-order valence-electron chi connectivity index (χ4n) is 2.62. The van der Waals surface area contributed by atoms with E-state index in [-0.39, 0.29) is 23.0 Å². The summed E-state index contributed by atoms with van der Waals surface area (Å²) in [7, 11) is 0. The molecule has 1 N–H and O–H groups in total. The molecule has 0 spiro atoms. The molecule has 2 aromatic carbocycles.